The molecule has 1 atom stereocenters. The Labute approximate surface area is 196 Å². The smallest absolute Gasteiger partial charge is 0.241 e. The normalized spacial score (nSPS) is 16.1. The number of halogens is 1. The maximum absolute atomic E-state index is 12.5. The predicted molar refractivity (Wildman–Crippen MR) is 132 cm³/mol. The van der Waals surface area contributed by atoms with Gasteiger partial charge in [0.1, 0.15) is 0 Å². The van der Waals surface area contributed by atoms with Crippen molar-refractivity contribution >= 4 is 35.8 Å². The van der Waals surface area contributed by atoms with E-state index in [2.05, 4.69) is 50.5 Å². The monoisotopic (exact) mass is 521 g/mol. The van der Waals surface area contributed by atoms with Crippen LogP contribution >= 0.6 is 24.0 Å². The molecule has 1 aromatic carbocycles. The summed E-state index contributed by atoms with van der Waals surface area (Å²) in [7, 11) is 3.61. The lowest BCUT2D eigenvalue weighted by Crippen LogP contribution is -2.45. The SMILES string of the molecule is CN=C(NCC(=O)N(C)CCc1ccccn1)N1CCC(Cc2ccccc2)C1.I. The lowest BCUT2D eigenvalue weighted by molar-refractivity contribution is -0.128. The highest BCUT2D eigenvalue weighted by Crippen LogP contribution is 2.20. The fraction of sp³-hybridized carbons (Fsp3) is 0.435. The van der Waals surface area contributed by atoms with Gasteiger partial charge in [-0.3, -0.25) is 14.8 Å². The van der Waals surface area contributed by atoms with Crippen molar-refractivity contribution in [1.82, 2.24) is 20.1 Å². The number of carbonyl (C=O) groups excluding carboxylic acids is 1. The van der Waals surface area contributed by atoms with E-state index in [1.807, 2.05) is 25.2 Å². The van der Waals surface area contributed by atoms with Crippen molar-refractivity contribution in [3.63, 3.8) is 0 Å². The first-order valence-corrected chi connectivity index (χ1v) is 10.3. The molecule has 1 aliphatic rings. The molecule has 2 heterocycles. The second-order valence-electron chi connectivity index (χ2n) is 7.58. The third-order valence-electron chi connectivity index (χ3n) is 5.42. The van der Waals surface area contributed by atoms with Crippen LogP contribution in [0.4, 0.5) is 0 Å². The number of nitrogens with one attached hydrogen (secondary N) is 1. The van der Waals surface area contributed by atoms with Crippen molar-refractivity contribution in [2.75, 3.05) is 40.3 Å². The van der Waals surface area contributed by atoms with Crippen LogP contribution in [0.5, 0.6) is 0 Å². The Kier molecular flexibility index (Phi) is 10.1. The molecule has 0 radical (unpaired) electrons. The van der Waals surface area contributed by atoms with Crippen LogP contribution in [0.15, 0.2) is 59.7 Å². The van der Waals surface area contributed by atoms with Gasteiger partial charge >= 0.3 is 0 Å². The number of carbonyl (C=O) groups is 1. The van der Waals surface area contributed by atoms with Crippen molar-refractivity contribution in [3.8, 4) is 0 Å². The van der Waals surface area contributed by atoms with Gasteiger partial charge in [0.2, 0.25) is 5.91 Å². The zero-order valence-electron chi connectivity index (χ0n) is 17.8. The lowest BCUT2D eigenvalue weighted by Gasteiger charge is -2.23. The average Bonchev–Trinajstić information content (AvgIpc) is 3.22. The molecule has 3 rings (SSSR count). The molecular formula is C23H32IN5O. The van der Waals surface area contributed by atoms with Crippen LogP contribution in [-0.4, -0.2) is 66.9 Å². The summed E-state index contributed by atoms with van der Waals surface area (Å²) in [5.74, 6) is 1.49. The molecule has 1 amide bonds. The van der Waals surface area contributed by atoms with Crippen LogP contribution in [0.2, 0.25) is 0 Å². The number of nitrogens with zero attached hydrogens (tertiary/aromatic N) is 4. The van der Waals surface area contributed by atoms with E-state index < -0.39 is 0 Å². The number of hydrogen-bond acceptors (Lipinski definition) is 3. The second-order valence-corrected chi connectivity index (χ2v) is 7.58. The van der Waals surface area contributed by atoms with Gasteiger partial charge in [0.15, 0.2) is 5.96 Å². The fourth-order valence-corrected chi connectivity index (χ4v) is 3.71. The summed E-state index contributed by atoms with van der Waals surface area (Å²) < 4.78 is 0. The Bertz CT molecular complexity index is 800. The Balaban J connectivity index is 0.00000320. The molecule has 30 heavy (non-hydrogen) atoms. The first kappa shape index (κ1) is 24.1. The van der Waals surface area contributed by atoms with Crippen LogP contribution in [0.1, 0.15) is 17.7 Å². The highest BCUT2D eigenvalue weighted by Gasteiger charge is 2.25. The molecule has 7 heteroatoms. The van der Waals surface area contributed by atoms with E-state index in [4.69, 9.17) is 0 Å². The summed E-state index contributed by atoms with van der Waals surface area (Å²) in [6.07, 6.45) is 4.77. The molecule has 2 aromatic rings. The van der Waals surface area contributed by atoms with Gasteiger partial charge in [-0.2, -0.15) is 0 Å². The van der Waals surface area contributed by atoms with Gasteiger partial charge in [0, 0.05) is 52.0 Å². The minimum absolute atomic E-state index is 0. The number of likely N-dealkylation sites (tertiary alicyclic amines) is 1. The molecule has 162 valence electrons. The number of guanidine groups is 1. The van der Waals surface area contributed by atoms with Crippen molar-refractivity contribution in [1.29, 1.82) is 0 Å². The highest BCUT2D eigenvalue weighted by atomic mass is 127. The molecule has 1 N–H and O–H groups in total. The molecule has 1 saturated heterocycles. The average molecular weight is 521 g/mol. The molecule has 1 unspecified atom stereocenters. The largest absolute Gasteiger partial charge is 0.347 e. The predicted octanol–water partition coefficient (Wildman–Crippen LogP) is 2.84. The minimum atomic E-state index is 0. The van der Waals surface area contributed by atoms with Crippen LogP contribution in [0.3, 0.4) is 0 Å². The number of aromatic nitrogens is 1. The lowest BCUT2D eigenvalue weighted by atomic mass is 9.99. The molecule has 6 nitrogen and oxygen atoms in total. The van der Waals surface area contributed by atoms with Gasteiger partial charge < -0.3 is 15.1 Å². The number of benzene rings is 1. The Morgan fingerprint density at radius 1 is 1.23 bits per heavy atom. The number of rotatable bonds is 7. The summed E-state index contributed by atoms with van der Waals surface area (Å²) in [4.78, 5) is 25.2. The minimum Gasteiger partial charge on any atom is -0.347 e. The number of amides is 1. The molecule has 1 aromatic heterocycles. The maximum atomic E-state index is 12.5. The molecule has 1 aliphatic heterocycles. The standard InChI is InChI=1S/C23H31N5O.HI/c1-24-23(28-15-11-20(18-28)16-19-8-4-3-5-9-19)26-17-22(29)27(2)14-12-21-10-6-7-13-25-21;/h3-10,13,20H,11-12,14-18H2,1-2H3,(H,24,26);1H. The third-order valence-corrected chi connectivity index (χ3v) is 5.42. The Morgan fingerprint density at radius 3 is 2.70 bits per heavy atom. The van der Waals surface area contributed by atoms with Gasteiger partial charge in [-0.25, -0.2) is 0 Å². The van der Waals surface area contributed by atoms with E-state index in [-0.39, 0.29) is 36.4 Å². The zero-order valence-corrected chi connectivity index (χ0v) is 20.2. The zero-order chi connectivity index (χ0) is 20.5. The summed E-state index contributed by atoms with van der Waals surface area (Å²) in [5, 5.41) is 3.24. The van der Waals surface area contributed by atoms with Crippen molar-refractivity contribution < 1.29 is 4.79 Å². The Hall–Kier alpha value is -2.16. The van der Waals surface area contributed by atoms with Crippen molar-refractivity contribution in [2.45, 2.75) is 19.3 Å². The summed E-state index contributed by atoms with van der Waals surface area (Å²) >= 11 is 0. The summed E-state index contributed by atoms with van der Waals surface area (Å²) in [5.41, 5.74) is 2.38. The first-order chi connectivity index (χ1) is 14.2. The van der Waals surface area contributed by atoms with E-state index in [1.165, 1.54) is 5.56 Å². The molecular weight excluding hydrogens is 489 g/mol. The van der Waals surface area contributed by atoms with Crippen molar-refractivity contribution in [3.05, 3.63) is 66.0 Å². The maximum Gasteiger partial charge on any atom is 0.241 e. The van der Waals surface area contributed by atoms with E-state index in [0.717, 1.165) is 44.0 Å². The van der Waals surface area contributed by atoms with Crippen LogP contribution in [0, 0.1) is 5.92 Å². The number of hydrogen-bond donors (Lipinski definition) is 1. The van der Waals surface area contributed by atoms with Crippen LogP contribution < -0.4 is 5.32 Å². The Morgan fingerprint density at radius 2 is 2.00 bits per heavy atom. The fourth-order valence-electron chi connectivity index (χ4n) is 3.71. The van der Waals surface area contributed by atoms with Crippen molar-refractivity contribution in [2.24, 2.45) is 10.9 Å². The molecule has 1 fully saturated rings. The summed E-state index contributed by atoms with van der Waals surface area (Å²) in [6.45, 7) is 2.85. The van der Waals surface area contributed by atoms with Gasteiger partial charge in [0.05, 0.1) is 6.54 Å². The second kappa shape index (κ2) is 12.5. The van der Waals surface area contributed by atoms with Gasteiger partial charge in [-0.1, -0.05) is 36.4 Å². The van der Waals surface area contributed by atoms with E-state index in [0.29, 0.717) is 12.5 Å². The quantitative estimate of drug-likeness (QED) is 0.346. The number of aliphatic imine (C=N–C) groups is 1. The molecule has 0 aliphatic carbocycles. The number of likely N-dealkylation sites (N-methyl/N-ethyl adjacent to an activating group) is 1. The number of pyridine rings is 1. The molecule has 0 spiro atoms. The molecule has 0 saturated carbocycles. The third kappa shape index (κ3) is 7.27. The first-order valence-electron chi connectivity index (χ1n) is 10.3. The van der Waals surface area contributed by atoms with Crippen LogP contribution in [0.25, 0.3) is 0 Å². The topological polar surface area (TPSA) is 60.8 Å². The van der Waals surface area contributed by atoms with Gasteiger partial charge in [-0.05, 0) is 36.5 Å². The molecule has 0 bridgehead atoms. The van der Waals surface area contributed by atoms with E-state index in [9.17, 15) is 4.79 Å². The van der Waals surface area contributed by atoms with E-state index >= 15 is 0 Å². The van der Waals surface area contributed by atoms with Gasteiger partial charge in [0.25, 0.3) is 0 Å². The van der Waals surface area contributed by atoms with Gasteiger partial charge in [-0.15, -0.1) is 24.0 Å². The van der Waals surface area contributed by atoms with Crippen LogP contribution in [-0.2, 0) is 17.6 Å². The summed E-state index contributed by atoms with van der Waals surface area (Å²) in [6, 6.07) is 16.5. The van der Waals surface area contributed by atoms with E-state index in [1.54, 1.807) is 18.1 Å². The highest BCUT2D eigenvalue weighted by molar-refractivity contribution is 14.0.